The maximum absolute atomic E-state index is 11.4. The predicted octanol–water partition coefficient (Wildman–Crippen LogP) is 6.84. The Hall–Kier alpha value is -4.38. The van der Waals surface area contributed by atoms with Crippen LogP contribution < -0.4 is 0 Å². The van der Waals surface area contributed by atoms with Crippen LogP contribution in [0, 0.1) is 10.1 Å². The first kappa shape index (κ1) is 17.5. The molecule has 0 aliphatic rings. The molecule has 2 heterocycles. The summed E-state index contributed by atoms with van der Waals surface area (Å²) in [5.41, 5.74) is 5.89. The molecular weight excluding hydrogens is 386 g/mol. The van der Waals surface area contributed by atoms with E-state index >= 15 is 0 Å². The Kier molecular flexibility index (Phi) is 3.70. The van der Waals surface area contributed by atoms with Gasteiger partial charge in [-0.05, 0) is 42.0 Å². The zero-order valence-electron chi connectivity index (χ0n) is 16.4. The third-order valence-electron chi connectivity index (χ3n) is 5.88. The van der Waals surface area contributed by atoms with Gasteiger partial charge in [0.1, 0.15) is 0 Å². The number of nitrogens with one attached hydrogen (secondary N) is 1. The molecule has 0 aliphatic carbocycles. The molecule has 1 N–H and O–H groups in total. The maximum Gasteiger partial charge on any atom is 0.277 e. The highest BCUT2D eigenvalue weighted by Gasteiger charge is 2.16. The summed E-state index contributed by atoms with van der Waals surface area (Å²) in [6.45, 7) is 0. The van der Waals surface area contributed by atoms with Gasteiger partial charge in [0.15, 0.2) is 0 Å². The van der Waals surface area contributed by atoms with Gasteiger partial charge in [0.25, 0.3) is 5.69 Å². The van der Waals surface area contributed by atoms with E-state index in [2.05, 4.69) is 52.0 Å². The van der Waals surface area contributed by atoms with Crippen molar-refractivity contribution in [3.63, 3.8) is 0 Å². The first-order chi connectivity index (χ1) is 15.2. The molecule has 0 aliphatic heterocycles. The van der Waals surface area contributed by atoms with E-state index in [-0.39, 0.29) is 10.6 Å². The van der Waals surface area contributed by atoms with E-state index in [1.165, 1.54) is 10.8 Å². The van der Waals surface area contributed by atoms with Crippen molar-refractivity contribution in [1.29, 1.82) is 0 Å². The molecule has 6 aromatic rings. The van der Waals surface area contributed by atoms with Crippen LogP contribution in [0.5, 0.6) is 0 Å². The number of hydrogen-bond acceptors (Lipinski definition) is 2. The van der Waals surface area contributed by atoms with Gasteiger partial charge in [-0.3, -0.25) is 10.1 Å². The standard InChI is InChI=1S/C26H17N3O2/c30-29(31)24-10-4-2-6-19(24)17-12-13-23-18(16-17)14-15-28(23)25-11-5-8-21-20-7-1-3-9-22(20)27-26(21)25/h1-16,27H. The van der Waals surface area contributed by atoms with Gasteiger partial charge in [-0.1, -0.05) is 48.5 Å². The van der Waals surface area contributed by atoms with Crippen LogP contribution in [0.1, 0.15) is 0 Å². The predicted molar refractivity (Wildman–Crippen MR) is 125 cm³/mol. The van der Waals surface area contributed by atoms with E-state index in [1.54, 1.807) is 18.2 Å². The average Bonchev–Trinajstić information content (AvgIpc) is 3.40. The molecule has 4 aromatic carbocycles. The number of nitrogens with zero attached hydrogens (tertiary/aromatic N) is 2. The number of para-hydroxylation sites is 3. The van der Waals surface area contributed by atoms with E-state index in [9.17, 15) is 10.1 Å². The summed E-state index contributed by atoms with van der Waals surface area (Å²) in [7, 11) is 0. The molecule has 0 saturated carbocycles. The summed E-state index contributed by atoms with van der Waals surface area (Å²) in [5.74, 6) is 0. The number of rotatable bonds is 3. The van der Waals surface area contributed by atoms with Crippen molar-refractivity contribution in [3.8, 4) is 16.8 Å². The molecule has 5 heteroatoms. The molecule has 0 unspecified atom stereocenters. The summed E-state index contributed by atoms with van der Waals surface area (Å²) in [6, 6.07) is 29.5. The molecule has 0 spiro atoms. The number of nitro groups is 1. The monoisotopic (exact) mass is 403 g/mol. The minimum Gasteiger partial charge on any atom is -0.353 e. The molecule has 0 atom stereocenters. The van der Waals surface area contributed by atoms with Gasteiger partial charge in [0.05, 0.1) is 27.2 Å². The van der Waals surface area contributed by atoms with E-state index in [1.807, 2.05) is 36.5 Å². The third kappa shape index (κ3) is 2.64. The van der Waals surface area contributed by atoms with Gasteiger partial charge in [-0.15, -0.1) is 0 Å². The van der Waals surface area contributed by atoms with Gasteiger partial charge in [0.2, 0.25) is 0 Å². The Labute approximate surface area is 177 Å². The number of nitro benzene ring substituents is 1. The Balaban J connectivity index is 1.54. The van der Waals surface area contributed by atoms with E-state index in [4.69, 9.17) is 0 Å². The van der Waals surface area contributed by atoms with Crippen molar-refractivity contribution >= 4 is 38.4 Å². The summed E-state index contributed by atoms with van der Waals surface area (Å²) >= 11 is 0. The van der Waals surface area contributed by atoms with Gasteiger partial charge in [0, 0.05) is 33.9 Å². The Bertz CT molecular complexity index is 1620. The third-order valence-corrected chi connectivity index (χ3v) is 5.88. The molecule has 0 fully saturated rings. The summed E-state index contributed by atoms with van der Waals surface area (Å²) in [6.07, 6.45) is 2.05. The van der Waals surface area contributed by atoms with E-state index in [0.717, 1.165) is 33.2 Å². The lowest BCUT2D eigenvalue weighted by Gasteiger charge is -2.08. The first-order valence-corrected chi connectivity index (χ1v) is 10.1. The van der Waals surface area contributed by atoms with Crippen LogP contribution in [0.3, 0.4) is 0 Å². The molecule has 6 rings (SSSR count). The molecule has 0 radical (unpaired) electrons. The molecule has 0 saturated heterocycles. The topological polar surface area (TPSA) is 63.9 Å². The molecule has 0 amide bonds. The van der Waals surface area contributed by atoms with Crippen LogP contribution in [0.4, 0.5) is 5.69 Å². The van der Waals surface area contributed by atoms with Crippen molar-refractivity contribution in [3.05, 3.63) is 107 Å². The number of hydrogen-bond donors (Lipinski definition) is 1. The summed E-state index contributed by atoms with van der Waals surface area (Å²) < 4.78 is 2.16. The lowest BCUT2D eigenvalue weighted by molar-refractivity contribution is -0.384. The second-order valence-electron chi connectivity index (χ2n) is 7.60. The van der Waals surface area contributed by atoms with E-state index < -0.39 is 0 Å². The van der Waals surface area contributed by atoms with Crippen LogP contribution >= 0.6 is 0 Å². The lowest BCUT2D eigenvalue weighted by atomic mass is 10.0. The molecular formula is C26H17N3O2. The Morgan fingerprint density at radius 3 is 2.52 bits per heavy atom. The number of H-pyrrole nitrogens is 1. The number of aromatic nitrogens is 2. The lowest BCUT2D eigenvalue weighted by Crippen LogP contribution is -1.94. The van der Waals surface area contributed by atoms with Gasteiger partial charge in [-0.25, -0.2) is 0 Å². The molecule has 31 heavy (non-hydrogen) atoms. The van der Waals surface area contributed by atoms with Crippen LogP contribution in [-0.2, 0) is 0 Å². The summed E-state index contributed by atoms with van der Waals surface area (Å²) in [5, 5.41) is 14.9. The average molecular weight is 403 g/mol. The number of benzene rings is 4. The van der Waals surface area contributed by atoms with Crippen LogP contribution in [0.25, 0.3) is 49.5 Å². The van der Waals surface area contributed by atoms with Crippen LogP contribution in [-0.4, -0.2) is 14.5 Å². The summed E-state index contributed by atoms with van der Waals surface area (Å²) in [4.78, 5) is 14.7. The minimum absolute atomic E-state index is 0.115. The fraction of sp³-hybridized carbons (Fsp3) is 0. The SMILES string of the molecule is O=[N+]([O-])c1ccccc1-c1ccc2c(ccn2-c2cccc3c2[nH]c2ccccc23)c1. The van der Waals surface area contributed by atoms with Crippen LogP contribution in [0.2, 0.25) is 0 Å². The molecule has 0 bridgehead atoms. The smallest absolute Gasteiger partial charge is 0.277 e. The van der Waals surface area contributed by atoms with Crippen molar-refractivity contribution in [2.45, 2.75) is 0 Å². The highest BCUT2D eigenvalue weighted by atomic mass is 16.6. The Morgan fingerprint density at radius 1 is 0.806 bits per heavy atom. The van der Waals surface area contributed by atoms with Crippen molar-refractivity contribution < 1.29 is 4.92 Å². The van der Waals surface area contributed by atoms with Gasteiger partial charge >= 0.3 is 0 Å². The van der Waals surface area contributed by atoms with Crippen molar-refractivity contribution in [2.24, 2.45) is 0 Å². The molecule has 5 nitrogen and oxygen atoms in total. The number of aromatic amines is 1. The van der Waals surface area contributed by atoms with Gasteiger partial charge in [-0.2, -0.15) is 0 Å². The van der Waals surface area contributed by atoms with Gasteiger partial charge < -0.3 is 9.55 Å². The fourth-order valence-corrected chi connectivity index (χ4v) is 4.46. The minimum atomic E-state index is -0.332. The fourth-order valence-electron chi connectivity index (χ4n) is 4.46. The molecule has 148 valence electrons. The highest BCUT2D eigenvalue weighted by Crippen LogP contribution is 2.34. The second kappa shape index (κ2) is 6.57. The van der Waals surface area contributed by atoms with Crippen molar-refractivity contribution in [2.75, 3.05) is 0 Å². The number of fused-ring (bicyclic) bond motifs is 4. The highest BCUT2D eigenvalue weighted by molar-refractivity contribution is 6.10. The zero-order chi connectivity index (χ0) is 20.9. The van der Waals surface area contributed by atoms with E-state index in [0.29, 0.717) is 5.56 Å². The normalized spacial score (nSPS) is 11.5. The first-order valence-electron chi connectivity index (χ1n) is 10.1. The Morgan fingerprint density at radius 2 is 1.61 bits per heavy atom. The second-order valence-corrected chi connectivity index (χ2v) is 7.60. The maximum atomic E-state index is 11.4. The zero-order valence-corrected chi connectivity index (χ0v) is 16.4. The van der Waals surface area contributed by atoms with Crippen molar-refractivity contribution in [1.82, 2.24) is 9.55 Å². The quantitative estimate of drug-likeness (QED) is 0.260. The molecule has 2 aromatic heterocycles. The largest absolute Gasteiger partial charge is 0.353 e. The van der Waals surface area contributed by atoms with Crippen LogP contribution in [0.15, 0.2) is 97.2 Å².